The highest BCUT2D eigenvalue weighted by Crippen LogP contribution is 2.19. The molecule has 1 unspecified atom stereocenters. The van der Waals surface area contributed by atoms with E-state index in [1.54, 1.807) is 17.2 Å². The smallest absolute Gasteiger partial charge is 0.224 e. The zero-order valence-corrected chi connectivity index (χ0v) is 7.64. The van der Waals surface area contributed by atoms with Gasteiger partial charge in [-0.2, -0.15) is 5.26 Å². The van der Waals surface area contributed by atoms with Gasteiger partial charge in [0.25, 0.3) is 0 Å². The van der Waals surface area contributed by atoms with Crippen LogP contribution in [0.5, 0.6) is 0 Å². The molecule has 1 fully saturated rings. The maximum Gasteiger partial charge on any atom is 0.224 e. The summed E-state index contributed by atoms with van der Waals surface area (Å²) in [7, 11) is 0. The van der Waals surface area contributed by atoms with Crippen molar-refractivity contribution in [1.29, 1.82) is 5.26 Å². The Bertz CT molecular complexity index is 364. The molecule has 0 aromatic carbocycles. The molecule has 2 rings (SSSR count). The molecule has 0 N–H and O–H groups in total. The minimum absolute atomic E-state index is 0.0351. The van der Waals surface area contributed by atoms with Crippen LogP contribution in [0.25, 0.3) is 0 Å². The van der Waals surface area contributed by atoms with E-state index in [9.17, 15) is 4.79 Å². The van der Waals surface area contributed by atoms with E-state index in [1.807, 2.05) is 6.07 Å². The third-order valence-electron chi connectivity index (χ3n) is 2.32. The molecule has 1 saturated heterocycles. The van der Waals surface area contributed by atoms with E-state index in [-0.39, 0.29) is 11.8 Å². The highest BCUT2D eigenvalue weighted by molar-refractivity contribution is 5.79. The number of nitrogens with zero attached hydrogens (tertiary/aromatic N) is 2. The fourth-order valence-corrected chi connectivity index (χ4v) is 1.60. The monoisotopic (exact) mass is 190 g/mol. The molecule has 0 radical (unpaired) electrons. The Kier molecular flexibility index (Phi) is 2.23. The van der Waals surface area contributed by atoms with E-state index < -0.39 is 0 Å². The van der Waals surface area contributed by atoms with Crippen molar-refractivity contribution in [3.8, 4) is 6.07 Å². The minimum Gasteiger partial charge on any atom is -0.467 e. The van der Waals surface area contributed by atoms with Crippen LogP contribution in [-0.2, 0) is 11.3 Å². The van der Waals surface area contributed by atoms with Crippen molar-refractivity contribution in [3.63, 3.8) is 0 Å². The third kappa shape index (κ3) is 1.62. The molecule has 4 nitrogen and oxygen atoms in total. The second kappa shape index (κ2) is 3.54. The van der Waals surface area contributed by atoms with Gasteiger partial charge in [0.05, 0.1) is 24.8 Å². The van der Waals surface area contributed by atoms with E-state index >= 15 is 0 Å². The topological polar surface area (TPSA) is 57.2 Å². The quantitative estimate of drug-likeness (QED) is 0.702. The van der Waals surface area contributed by atoms with E-state index in [1.165, 1.54) is 0 Å². The summed E-state index contributed by atoms with van der Waals surface area (Å²) in [5.74, 6) is 0.641. The van der Waals surface area contributed by atoms with Crippen LogP contribution in [0.1, 0.15) is 12.2 Å². The lowest BCUT2D eigenvalue weighted by molar-refractivity contribution is -0.128. The molecule has 2 heterocycles. The molecule has 1 aliphatic heterocycles. The summed E-state index contributed by atoms with van der Waals surface area (Å²) >= 11 is 0. The maximum absolute atomic E-state index is 11.4. The lowest BCUT2D eigenvalue weighted by atomic mass is 10.1. The second-order valence-electron chi connectivity index (χ2n) is 3.38. The van der Waals surface area contributed by atoms with Crippen LogP contribution in [0.15, 0.2) is 22.8 Å². The Morgan fingerprint density at radius 1 is 1.71 bits per heavy atom. The molecule has 0 bridgehead atoms. The number of likely N-dealkylation sites (tertiary alicyclic amines) is 1. The van der Waals surface area contributed by atoms with Crippen molar-refractivity contribution in [2.24, 2.45) is 5.92 Å². The molecule has 72 valence electrons. The van der Waals surface area contributed by atoms with Crippen LogP contribution >= 0.6 is 0 Å². The van der Waals surface area contributed by atoms with Crippen LogP contribution < -0.4 is 0 Å². The average molecular weight is 190 g/mol. The summed E-state index contributed by atoms with van der Waals surface area (Å²) in [5.41, 5.74) is 0. The van der Waals surface area contributed by atoms with Crippen molar-refractivity contribution < 1.29 is 9.21 Å². The van der Waals surface area contributed by atoms with Gasteiger partial charge in [-0.1, -0.05) is 0 Å². The fraction of sp³-hybridized carbons (Fsp3) is 0.400. The van der Waals surface area contributed by atoms with Crippen LogP contribution in [0, 0.1) is 17.2 Å². The molecule has 0 aliphatic carbocycles. The Morgan fingerprint density at radius 3 is 3.14 bits per heavy atom. The van der Waals surface area contributed by atoms with E-state index in [0.717, 1.165) is 5.76 Å². The molecule has 0 saturated carbocycles. The molecule has 1 aromatic rings. The van der Waals surface area contributed by atoms with Crippen molar-refractivity contribution >= 4 is 5.91 Å². The summed E-state index contributed by atoms with van der Waals surface area (Å²) in [5, 5.41) is 8.68. The van der Waals surface area contributed by atoms with Gasteiger partial charge in [-0.05, 0) is 12.1 Å². The number of nitriles is 1. The first kappa shape index (κ1) is 8.82. The van der Waals surface area contributed by atoms with Crippen LogP contribution in [0.2, 0.25) is 0 Å². The van der Waals surface area contributed by atoms with Crippen molar-refractivity contribution in [2.45, 2.75) is 13.0 Å². The first-order chi connectivity index (χ1) is 6.79. The third-order valence-corrected chi connectivity index (χ3v) is 2.32. The van der Waals surface area contributed by atoms with E-state index in [4.69, 9.17) is 9.68 Å². The van der Waals surface area contributed by atoms with Gasteiger partial charge < -0.3 is 9.32 Å². The van der Waals surface area contributed by atoms with Gasteiger partial charge in [0.2, 0.25) is 5.91 Å². The Balaban J connectivity index is 2.00. The number of rotatable bonds is 2. The number of hydrogen-bond acceptors (Lipinski definition) is 3. The van der Waals surface area contributed by atoms with Crippen LogP contribution in [0.4, 0.5) is 0 Å². The zero-order valence-electron chi connectivity index (χ0n) is 7.64. The van der Waals surface area contributed by atoms with E-state index in [2.05, 4.69) is 6.07 Å². The largest absolute Gasteiger partial charge is 0.467 e. The highest BCUT2D eigenvalue weighted by Gasteiger charge is 2.29. The van der Waals surface area contributed by atoms with Gasteiger partial charge in [-0.15, -0.1) is 0 Å². The molecule has 4 heteroatoms. The summed E-state index contributed by atoms with van der Waals surface area (Å²) < 4.78 is 5.14. The van der Waals surface area contributed by atoms with Gasteiger partial charge in [0.15, 0.2) is 0 Å². The highest BCUT2D eigenvalue weighted by atomic mass is 16.3. The molecule has 1 atom stereocenters. The number of hydrogen-bond donors (Lipinski definition) is 0. The SMILES string of the molecule is N#CC1CC(=O)N(Cc2ccco2)C1. The predicted octanol–water partition coefficient (Wildman–Crippen LogP) is 1.15. The van der Waals surface area contributed by atoms with Gasteiger partial charge in [-0.25, -0.2) is 0 Å². The normalized spacial score (nSPS) is 21.2. The van der Waals surface area contributed by atoms with Crippen molar-refractivity contribution in [3.05, 3.63) is 24.2 Å². The Labute approximate surface area is 81.7 Å². The molecule has 1 aliphatic rings. The fourth-order valence-electron chi connectivity index (χ4n) is 1.60. The van der Waals surface area contributed by atoms with Gasteiger partial charge in [0.1, 0.15) is 5.76 Å². The molecular formula is C10H10N2O2. The molecule has 1 aromatic heterocycles. The van der Waals surface area contributed by atoms with E-state index in [0.29, 0.717) is 19.5 Å². The lowest BCUT2D eigenvalue weighted by Gasteiger charge is -2.13. The summed E-state index contributed by atoms with van der Waals surface area (Å²) in [4.78, 5) is 13.1. The first-order valence-corrected chi connectivity index (χ1v) is 4.49. The number of amides is 1. The molecule has 14 heavy (non-hydrogen) atoms. The standard InChI is InChI=1S/C10H10N2O2/c11-5-8-4-10(13)12(6-8)7-9-2-1-3-14-9/h1-3,8H,4,6-7H2. The maximum atomic E-state index is 11.4. The van der Waals surface area contributed by atoms with Crippen molar-refractivity contribution in [2.75, 3.05) is 6.54 Å². The Morgan fingerprint density at radius 2 is 2.57 bits per heavy atom. The predicted molar refractivity (Wildman–Crippen MR) is 47.8 cm³/mol. The van der Waals surface area contributed by atoms with Crippen LogP contribution in [0.3, 0.4) is 0 Å². The average Bonchev–Trinajstić information content (AvgIpc) is 2.78. The minimum atomic E-state index is -0.155. The van der Waals surface area contributed by atoms with Gasteiger partial charge in [-0.3, -0.25) is 4.79 Å². The lowest BCUT2D eigenvalue weighted by Crippen LogP contribution is -2.24. The summed E-state index contributed by atoms with van der Waals surface area (Å²) in [6.07, 6.45) is 1.93. The number of carbonyl (C=O) groups is 1. The molecular weight excluding hydrogens is 180 g/mol. The van der Waals surface area contributed by atoms with Gasteiger partial charge in [0, 0.05) is 13.0 Å². The van der Waals surface area contributed by atoms with Gasteiger partial charge >= 0.3 is 0 Å². The first-order valence-electron chi connectivity index (χ1n) is 4.49. The Hall–Kier alpha value is -1.76. The summed E-state index contributed by atoms with van der Waals surface area (Å²) in [6.45, 7) is 1.00. The van der Waals surface area contributed by atoms with Crippen molar-refractivity contribution in [1.82, 2.24) is 4.90 Å². The van der Waals surface area contributed by atoms with Crippen LogP contribution in [-0.4, -0.2) is 17.4 Å². The zero-order chi connectivity index (χ0) is 9.97. The molecule has 1 amide bonds. The molecule has 0 spiro atoms. The number of furan rings is 1. The number of carbonyl (C=O) groups excluding carboxylic acids is 1. The second-order valence-corrected chi connectivity index (χ2v) is 3.38. The summed E-state index contributed by atoms with van der Waals surface area (Å²) in [6, 6.07) is 5.73.